The van der Waals surface area contributed by atoms with Crippen LogP contribution in [0.2, 0.25) is 0 Å². The van der Waals surface area contributed by atoms with Crippen LogP contribution < -0.4 is 9.75 Å². The van der Waals surface area contributed by atoms with Gasteiger partial charge < -0.3 is 9.13 Å². The highest BCUT2D eigenvalue weighted by Gasteiger charge is 2.32. The minimum Gasteiger partial charge on any atom is -0.313 e. The molecule has 0 N–H and O–H groups in total. The summed E-state index contributed by atoms with van der Waals surface area (Å²) < 4.78 is 7.80. The Hall–Kier alpha value is -6.46. The molecule has 5 aliphatic carbocycles. The molecular weight excluding hydrogens is 789 g/mol. The van der Waals surface area contributed by atoms with Crippen molar-refractivity contribution in [3.8, 4) is 5.69 Å². The molecule has 0 saturated heterocycles. The van der Waals surface area contributed by atoms with Gasteiger partial charge in [-0.3, -0.25) is 0 Å². The molecule has 1 unspecified atom stereocenters. The number of benzene rings is 5. The van der Waals surface area contributed by atoms with Crippen LogP contribution in [-0.4, -0.2) is 9.13 Å². The zero-order valence-corrected chi connectivity index (χ0v) is 36.0. The standard InChI is InChI=1S/C58H42N2S2/c1-5-13-49-41(9-1)42-10-2-6-14-50(42)59(49)39-23-17-35(18-24-39)37-21-27-47-55(33-37)61-53-31-29-46-45(57(47)53)30-32-54-58(46)48-28-22-38(34-56(48)62-54)36-19-25-40(26-20-36)60-51-15-7-3-11-43(51)44-12-4-8-16-52(44)60/h1-3,5-11,13-19,22-25,28-29,31-34,45H,4,12,20-21,26-27,30H2. The number of aryl methyl sites for hydroxylation is 1. The summed E-state index contributed by atoms with van der Waals surface area (Å²) in [5.41, 5.74) is 19.6. The smallest absolute Gasteiger partial charge is 0.0541 e. The second-order valence-corrected chi connectivity index (χ2v) is 19.8. The minimum atomic E-state index is 0.426. The molecule has 9 aromatic rings. The number of thiophene rings is 2. The molecule has 0 saturated carbocycles. The van der Waals surface area contributed by atoms with E-state index < -0.39 is 0 Å². The molecule has 0 aliphatic heterocycles. The normalized spacial score (nSPS) is 17.6. The van der Waals surface area contributed by atoms with Gasteiger partial charge in [-0.15, -0.1) is 22.7 Å². The van der Waals surface area contributed by atoms with Gasteiger partial charge in [0.05, 0.1) is 16.6 Å². The van der Waals surface area contributed by atoms with Crippen LogP contribution in [0.4, 0.5) is 0 Å². The summed E-state index contributed by atoms with van der Waals surface area (Å²) in [7, 11) is 0. The lowest BCUT2D eigenvalue weighted by atomic mass is 9.77. The topological polar surface area (TPSA) is 9.86 Å². The molecule has 14 rings (SSSR count). The van der Waals surface area contributed by atoms with Crippen molar-refractivity contribution < 1.29 is 0 Å². The van der Waals surface area contributed by atoms with Crippen LogP contribution in [0.1, 0.15) is 81.3 Å². The molecule has 4 aromatic heterocycles. The zero-order chi connectivity index (χ0) is 40.5. The Labute approximate surface area is 368 Å². The number of fused-ring (bicyclic) bond motifs is 14. The third-order valence-corrected chi connectivity index (χ3v) is 16.8. The van der Waals surface area contributed by atoms with Gasteiger partial charge in [0.15, 0.2) is 0 Å². The van der Waals surface area contributed by atoms with E-state index in [1.165, 1.54) is 113 Å². The predicted molar refractivity (Wildman–Crippen MR) is 267 cm³/mol. The fourth-order valence-electron chi connectivity index (χ4n) is 11.6. The summed E-state index contributed by atoms with van der Waals surface area (Å²) in [5, 5.41) is 6.91. The number of nitrogens with zero attached hydrogens (tertiary/aromatic N) is 2. The highest BCUT2D eigenvalue weighted by Crippen LogP contribution is 2.49. The van der Waals surface area contributed by atoms with Crippen LogP contribution in [0.5, 0.6) is 0 Å². The first-order valence-corrected chi connectivity index (χ1v) is 24.0. The van der Waals surface area contributed by atoms with E-state index in [9.17, 15) is 0 Å². The lowest BCUT2D eigenvalue weighted by molar-refractivity contribution is 0.865. The molecule has 4 heterocycles. The Kier molecular flexibility index (Phi) is 7.67. The number of aromatic nitrogens is 2. The summed E-state index contributed by atoms with van der Waals surface area (Å²) >= 11 is 3.99. The van der Waals surface area contributed by atoms with Crippen LogP contribution in [-0.2, 0) is 12.8 Å². The largest absolute Gasteiger partial charge is 0.313 e. The van der Waals surface area contributed by atoms with Crippen LogP contribution in [0, 0.1) is 0 Å². The van der Waals surface area contributed by atoms with Gasteiger partial charge in [-0.25, -0.2) is 0 Å². The number of allylic oxidation sites excluding steroid dienone is 7. The van der Waals surface area contributed by atoms with Crippen molar-refractivity contribution in [2.75, 3.05) is 0 Å². The highest BCUT2D eigenvalue weighted by molar-refractivity contribution is 7.17. The Bertz CT molecular complexity index is 3660. The SMILES string of the molecule is C1=Cc2c(c3ccccc3n2C2=CC=C(c3ccc4c5c(sc4c3)=CCC3C=5C=Cc4sc5c(c43)CCC(c3ccc(-n4c6ccccc6c6ccccc64)cc3)=C5)CC2)CC1. The van der Waals surface area contributed by atoms with Crippen LogP contribution >= 0.6 is 22.7 Å². The fraction of sp³-hybridized carbons (Fsp3) is 0.138. The van der Waals surface area contributed by atoms with Crippen molar-refractivity contribution in [1.82, 2.24) is 9.13 Å². The van der Waals surface area contributed by atoms with E-state index in [-0.39, 0.29) is 0 Å². The first kappa shape index (κ1) is 35.2. The quantitative estimate of drug-likeness (QED) is 0.167. The predicted octanol–water partition coefficient (Wildman–Crippen LogP) is 14.3. The maximum Gasteiger partial charge on any atom is 0.0541 e. The van der Waals surface area contributed by atoms with Gasteiger partial charge in [0, 0.05) is 68.7 Å². The molecule has 5 aliphatic rings. The van der Waals surface area contributed by atoms with Gasteiger partial charge in [-0.1, -0.05) is 103 Å². The second-order valence-electron chi connectivity index (χ2n) is 17.6. The molecular formula is C58H42N2S2. The number of hydrogen-bond acceptors (Lipinski definition) is 2. The molecule has 5 aromatic carbocycles. The Morgan fingerprint density at radius 1 is 0.548 bits per heavy atom. The van der Waals surface area contributed by atoms with Crippen molar-refractivity contribution in [1.29, 1.82) is 0 Å². The van der Waals surface area contributed by atoms with Crippen molar-refractivity contribution in [3.63, 3.8) is 0 Å². The lowest BCUT2D eigenvalue weighted by Crippen LogP contribution is -2.29. The van der Waals surface area contributed by atoms with Gasteiger partial charge in [0.2, 0.25) is 0 Å². The maximum atomic E-state index is 2.55. The van der Waals surface area contributed by atoms with Crippen LogP contribution in [0.3, 0.4) is 0 Å². The monoisotopic (exact) mass is 830 g/mol. The second kappa shape index (κ2) is 13.5. The number of rotatable bonds is 4. The van der Waals surface area contributed by atoms with E-state index in [1.807, 2.05) is 22.7 Å². The number of hydrogen-bond donors (Lipinski definition) is 0. The van der Waals surface area contributed by atoms with Gasteiger partial charge in [0.1, 0.15) is 0 Å². The molecule has 0 radical (unpaired) electrons. The first-order chi connectivity index (χ1) is 30.7. The van der Waals surface area contributed by atoms with Crippen molar-refractivity contribution in [2.24, 2.45) is 0 Å². The average Bonchev–Trinajstić information content (AvgIpc) is 4.09. The van der Waals surface area contributed by atoms with E-state index in [2.05, 4.69) is 173 Å². The molecule has 0 bridgehead atoms. The zero-order valence-electron chi connectivity index (χ0n) is 34.3. The summed E-state index contributed by atoms with van der Waals surface area (Å²) in [6.07, 6.45) is 27.0. The minimum absolute atomic E-state index is 0.426. The molecule has 0 fully saturated rings. The maximum absolute atomic E-state index is 2.55. The Morgan fingerprint density at radius 3 is 2.08 bits per heavy atom. The first-order valence-electron chi connectivity index (χ1n) is 22.3. The molecule has 62 heavy (non-hydrogen) atoms. The molecule has 2 nitrogen and oxygen atoms in total. The average molecular weight is 831 g/mol. The lowest BCUT2D eigenvalue weighted by Gasteiger charge is -2.26. The highest BCUT2D eigenvalue weighted by atomic mass is 32.1. The van der Waals surface area contributed by atoms with E-state index in [1.54, 1.807) is 11.1 Å². The summed E-state index contributed by atoms with van der Waals surface area (Å²) in [5.74, 6) is 0.426. The van der Waals surface area contributed by atoms with Gasteiger partial charge in [-0.2, -0.15) is 0 Å². The van der Waals surface area contributed by atoms with E-state index >= 15 is 0 Å². The van der Waals surface area contributed by atoms with Crippen molar-refractivity contribution >= 4 is 112 Å². The third kappa shape index (κ3) is 5.14. The van der Waals surface area contributed by atoms with Crippen molar-refractivity contribution in [2.45, 2.75) is 50.9 Å². The van der Waals surface area contributed by atoms with Gasteiger partial charge in [0.25, 0.3) is 0 Å². The summed E-state index contributed by atoms with van der Waals surface area (Å²) in [6, 6.07) is 43.1. The van der Waals surface area contributed by atoms with Crippen molar-refractivity contribution in [3.05, 3.63) is 193 Å². The van der Waals surface area contributed by atoms with Gasteiger partial charge >= 0.3 is 0 Å². The van der Waals surface area contributed by atoms with Crippen LogP contribution in [0.15, 0.2) is 140 Å². The fourth-order valence-corrected chi connectivity index (χ4v) is 14.1. The molecule has 0 spiro atoms. The molecule has 4 heteroatoms. The van der Waals surface area contributed by atoms with Gasteiger partial charge in [-0.05, 0) is 150 Å². The molecule has 0 amide bonds. The van der Waals surface area contributed by atoms with E-state index in [0.717, 1.165) is 44.9 Å². The van der Waals surface area contributed by atoms with E-state index in [0.29, 0.717) is 5.92 Å². The molecule has 296 valence electrons. The Morgan fingerprint density at radius 2 is 1.29 bits per heavy atom. The summed E-state index contributed by atoms with van der Waals surface area (Å²) in [6.45, 7) is 0. The van der Waals surface area contributed by atoms with Crippen LogP contribution in [0.25, 0.3) is 95.2 Å². The van der Waals surface area contributed by atoms with E-state index in [4.69, 9.17) is 0 Å². The summed E-state index contributed by atoms with van der Waals surface area (Å²) in [4.78, 5) is 2.92. The number of para-hydroxylation sites is 3. The molecule has 1 atom stereocenters. The third-order valence-electron chi connectivity index (χ3n) is 14.5. The Balaban J connectivity index is 0.774.